The molecular formula is C17H25N5. The van der Waals surface area contributed by atoms with Crippen molar-refractivity contribution in [1.82, 2.24) is 15.0 Å². The molecule has 0 aliphatic carbocycles. The van der Waals surface area contributed by atoms with Crippen molar-refractivity contribution in [2.24, 2.45) is 0 Å². The maximum Gasteiger partial charge on any atom is 0.221 e. The second-order valence-corrected chi connectivity index (χ2v) is 6.99. The Balaban J connectivity index is 2.47. The number of aromatic nitrogens is 3. The van der Waals surface area contributed by atoms with Crippen LogP contribution in [0.5, 0.6) is 0 Å². The van der Waals surface area contributed by atoms with Gasteiger partial charge in [-0.25, -0.2) is 4.98 Å². The third-order valence-electron chi connectivity index (χ3n) is 3.71. The van der Waals surface area contributed by atoms with E-state index in [9.17, 15) is 0 Å². The van der Waals surface area contributed by atoms with Gasteiger partial charge >= 0.3 is 0 Å². The van der Waals surface area contributed by atoms with E-state index in [0.29, 0.717) is 18.2 Å². The van der Waals surface area contributed by atoms with Crippen molar-refractivity contribution < 1.29 is 0 Å². The first-order chi connectivity index (χ1) is 10.2. The molecule has 0 saturated carbocycles. The summed E-state index contributed by atoms with van der Waals surface area (Å²) in [7, 11) is 0. The largest absolute Gasteiger partial charge is 0.383 e. The van der Waals surface area contributed by atoms with Crippen molar-refractivity contribution in [3.8, 4) is 0 Å². The van der Waals surface area contributed by atoms with Crippen LogP contribution in [-0.2, 0) is 11.8 Å². The Hall–Kier alpha value is -2.17. The molecule has 2 heterocycles. The predicted octanol–water partition coefficient (Wildman–Crippen LogP) is 3.05. The standard InChI is InChI=1S/C17H25N5/c1-10(2)13-9-20-14(17(3,4)5)7-11(13)6-12-8-21-16(19)22-15(12)18/h7-10H,6H2,1-5H3,(H4,18,19,21,22). The molecule has 0 bridgehead atoms. The van der Waals surface area contributed by atoms with Gasteiger partial charge in [0.15, 0.2) is 0 Å². The Bertz CT molecular complexity index is 671. The summed E-state index contributed by atoms with van der Waals surface area (Å²) >= 11 is 0. The first-order valence-electron chi connectivity index (χ1n) is 7.54. The van der Waals surface area contributed by atoms with Crippen LogP contribution in [0, 0.1) is 0 Å². The average molecular weight is 299 g/mol. The summed E-state index contributed by atoms with van der Waals surface area (Å²) < 4.78 is 0. The fourth-order valence-electron chi connectivity index (χ4n) is 2.37. The zero-order valence-electron chi connectivity index (χ0n) is 14.0. The van der Waals surface area contributed by atoms with Crippen LogP contribution in [0.1, 0.15) is 62.9 Å². The maximum absolute atomic E-state index is 5.97. The number of hydrogen-bond donors (Lipinski definition) is 2. The Morgan fingerprint density at radius 3 is 2.27 bits per heavy atom. The van der Waals surface area contributed by atoms with Crippen LogP contribution in [0.25, 0.3) is 0 Å². The highest BCUT2D eigenvalue weighted by atomic mass is 15.0. The number of hydrogen-bond acceptors (Lipinski definition) is 5. The topological polar surface area (TPSA) is 90.7 Å². The van der Waals surface area contributed by atoms with Gasteiger partial charge < -0.3 is 11.5 Å². The van der Waals surface area contributed by atoms with E-state index in [1.807, 2.05) is 6.20 Å². The molecule has 0 aliphatic heterocycles. The first-order valence-corrected chi connectivity index (χ1v) is 7.54. The minimum Gasteiger partial charge on any atom is -0.383 e. The Labute approximate surface area is 132 Å². The predicted molar refractivity (Wildman–Crippen MR) is 90.7 cm³/mol. The van der Waals surface area contributed by atoms with Gasteiger partial charge in [0.1, 0.15) is 5.82 Å². The maximum atomic E-state index is 5.97. The van der Waals surface area contributed by atoms with Crippen LogP contribution in [0.15, 0.2) is 18.5 Å². The molecule has 118 valence electrons. The number of nitrogens with zero attached hydrogens (tertiary/aromatic N) is 3. The van der Waals surface area contributed by atoms with Crippen LogP contribution in [0.4, 0.5) is 11.8 Å². The summed E-state index contributed by atoms with van der Waals surface area (Å²) in [5.41, 5.74) is 16.0. The zero-order valence-corrected chi connectivity index (χ0v) is 14.0. The lowest BCUT2D eigenvalue weighted by Gasteiger charge is -2.21. The average Bonchev–Trinajstić information content (AvgIpc) is 2.40. The number of rotatable bonds is 3. The number of anilines is 2. The van der Waals surface area contributed by atoms with E-state index < -0.39 is 0 Å². The molecule has 0 unspecified atom stereocenters. The molecule has 0 aromatic carbocycles. The van der Waals surface area contributed by atoms with E-state index in [4.69, 9.17) is 11.5 Å². The summed E-state index contributed by atoms with van der Waals surface area (Å²) in [4.78, 5) is 12.7. The highest BCUT2D eigenvalue weighted by Crippen LogP contribution is 2.28. The van der Waals surface area contributed by atoms with E-state index in [0.717, 1.165) is 11.3 Å². The molecule has 5 heteroatoms. The van der Waals surface area contributed by atoms with Gasteiger partial charge in [0.25, 0.3) is 0 Å². The van der Waals surface area contributed by atoms with Gasteiger partial charge in [-0.05, 0) is 23.1 Å². The molecule has 5 nitrogen and oxygen atoms in total. The smallest absolute Gasteiger partial charge is 0.221 e. The molecule has 0 saturated heterocycles. The molecule has 2 aromatic rings. The summed E-state index contributed by atoms with van der Waals surface area (Å²) in [5, 5.41) is 0. The molecule has 0 atom stereocenters. The van der Waals surface area contributed by atoms with Crippen LogP contribution in [0.2, 0.25) is 0 Å². The van der Waals surface area contributed by atoms with E-state index in [-0.39, 0.29) is 11.4 Å². The fourth-order valence-corrected chi connectivity index (χ4v) is 2.37. The van der Waals surface area contributed by atoms with Crippen molar-refractivity contribution in [2.45, 2.75) is 52.4 Å². The molecule has 22 heavy (non-hydrogen) atoms. The van der Waals surface area contributed by atoms with Crippen LogP contribution >= 0.6 is 0 Å². The molecule has 0 radical (unpaired) electrons. The van der Waals surface area contributed by atoms with Crippen LogP contribution in [-0.4, -0.2) is 15.0 Å². The van der Waals surface area contributed by atoms with Crippen LogP contribution < -0.4 is 11.5 Å². The Morgan fingerprint density at radius 1 is 1.05 bits per heavy atom. The number of pyridine rings is 1. The van der Waals surface area contributed by atoms with E-state index >= 15 is 0 Å². The van der Waals surface area contributed by atoms with Gasteiger partial charge in [-0.2, -0.15) is 4.98 Å². The summed E-state index contributed by atoms with van der Waals surface area (Å²) in [6.07, 6.45) is 4.37. The van der Waals surface area contributed by atoms with E-state index in [1.165, 1.54) is 11.1 Å². The molecular weight excluding hydrogens is 274 g/mol. The van der Waals surface area contributed by atoms with Gasteiger partial charge in [0.2, 0.25) is 5.95 Å². The lowest BCUT2D eigenvalue weighted by molar-refractivity contribution is 0.566. The Morgan fingerprint density at radius 2 is 1.73 bits per heavy atom. The van der Waals surface area contributed by atoms with Gasteiger partial charge in [-0.3, -0.25) is 4.98 Å². The van der Waals surface area contributed by atoms with Crippen molar-refractivity contribution >= 4 is 11.8 Å². The van der Waals surface area contributed by atoms with Crippen molar-refractivity contribution in [1.29, 1.82) is 0 Å². The van der Waals surface area contributed by atoms with Crippen LogP contribution in [0.3, 0.4) is 0 Å². The van der Waals surface area contributed by atoms with Gasteiger partial charge in [-0.1, -0.05) is 34.6 Å². The number of nitrogen functional groups attached to an aromatic ring is 2. The van der Waals surface area contributed by atoms with Gasteiger partial charge in [0.05, 0.1) is 0 Å². The second-order valence-electron chi connectivity index (χ2n) is 6.99. The normalized spacial score (nSPS) is 11.9. The van der Waals surface area contributed by atoms with Crippen molar-refractivity contribution in [2.75, 3.05) is 11.5 Å². The third-order valence-corrected chi connectivity index (χ3v) is 3.71. The highest BCUT2D eigenvalue weighted by molar-refractivity contribution is 5.46. The molecule has 0 fully saturated rings. The molecule has 2 rings (SSSR count). The highest BCUT2D eigenvalue weighted by Gasteiger charge is 2.19. The van der Waals surface area contributed by atoms with E-state index in [1.54, 1.807) is 6.20 Å². The third kappa shape index (κ3) is 3.53. The lowest BCUT2D eigenvalue weighted by Crippen LogP contribution is -2.15. The quantitative estimate of drug-likeness (QED) is 0.909. The molecule has 0 amide bonds. The summed E-state index contributed by atoms with van der Waals surface area (Å²) in [5.74, 6) is 1.04. The molecule has 4 N–H and O–H groups in total. The summed E-state index contributed by atoms with van der Waals surface area (Å²) in [6, 6.07) is 2.17. The van der Waals surface area contributed by atoms with Gasteiger partial charge in [-0.15, -0.1) is 0 Å². The minimum atomic E-state index is 0.00736. The monoisotopic (exact) mass is 299 g/mol. The molecule has 0 spiro atoms. The SMILES string of the molecule is CC(C)c1cnc(C(C)(C)C)cc1Cc1cnc(N)nc1N. The first kappa shape index (κ1) is 16.2. The Kier molecular flexibility index (Phi) is 4.35. The molecule has 2 aromatic heterocycles. The molecule has 0 aliphatic rings. The minimum absolute atomic E-state index is 0.00736. The number of nitrogens with two attached hydrogens (primary N) is 2. The van der Waals surface area contributed by atoms with Crippen molar-refractivity contribution in [3.63, 3.8) is 0 Å². The zero-order chi connectivity index (χ0) is 16.5. The second kappa shape index (κ2) is 5.91. The van der Waals surface area contributed by atoms with Crippen molar-refractivity contribution in [3.05, 3.63) is 40.8 Å². The summed E-state index contributed by atoms with van der Waals surface area (Å²) in [6.45, 7) is 10.8. The van der Waals surface area contributed by atoms with Gasteiger partial charge in [0, 0.05) is 35.5 Å². The lowest BCUT2D eigenvalue weighted by atomic mass is 9.87. The fraction of sp³-hybridized carbons (Fsp3) is 0.471. The van der Waals surface area contributed by atoms with E-state index in [2.05, 4.69) is 55.6 Å².